The van der Waals surface area contributed by atoms with Crippen LogP contribution in [0.5, 0.6) is 0 Å². The molecule has 0 heterocycles. The van der Waals surface area contributed by atoms with Gasteiger partial charge in [0.1, 0.15) is 0 Å². The van der Waals surface area contributed by atoms with E-state index in [-0.39, 0.29) is 17.7 Å². The van der Waals surface area contributed by atoms with Gasteiger partial charge in [-0.2, -0.15) is 13.2 Å². The molecule has 0 radical (unpaired) electrons. The molecule has 1 aromatic rings. The molecule has 102 valence electrons. The van der Waals surface area contributed by atoms with Gasteiger partial charge in [-0.05, 0) is 30.7 Å². The predicted molar refractivity (Wildman–Crippen MR) is 62.5 cm³/mol. The highest BCUT2D eigenvalue weighted by molar-refractivity contribution is 5.90. The third-order valence-corrected chi connectivity index (χ3v) is 2.23. The second kappa shape index (κ2) is 6.17. The first-order valence-electron chi connectivity index (χ1n) is 5.39. The average Bonchev–Trinajstić information content (AvgIpc) is 2.35. The maximum absolute atomic E-state index is 12.4. The Morgan fingerprint density at radius 1 is 1.32 bits per heavy atom. The van der Waals surface area contributed by atoms with Crippen molar-refractivity contribution in [1.82, 2.24) is 0 Å². The highest BCUT2D eigenvalue weighted by Gasteiger charge is 2.30. The van der Waals surface area contributed by atoms with E-state index in [1.165, 1.54) is 6.08 Å². The summed E-state index contributed by atoms with van der Waals surface area (Å²) >= 11 is 0. The van der Waals surface area contributed by atoms with Crippen LogP contribution in [0.25, 0.3) is 6.08 Å². The lowest BCUT2D eigenvalue weighted by Crippen LogP contribution is -2.06. The minimum atomic E-state index is -4.51. The summed E-state index contributed by atoms with van der Waals surface area (Å²) in [5.74, 6) is -0.626. The zero-order chi connectivity index (χ0) is 14.5. The van der Waals surface area contributed by atoms with Crippen molar-refractivity contribution in [1.29, 1.82) is 0 Å². The molecule has 0 saturated carbocycles. The summed E-state index contributed by atoms with van der Waals surface area (Å²) in [6, 6.07) is 2.71. The molecule has 0 bridgehead atoms. The summed E-state index contributed by atoms with van der Waals surface area (Å²) in [6.45, 7) is 1.82. The van der Waals surface area contributed by atoms with E-state index in [2.05, 4.69) is 4.74 Å². The molecule has 0 amide bonds. The minimum absolute atomic E-state index is 0.143. The minimum Gasteiger partial charge on any atom is -0.463 e. The highest BCUT2D eigenvalue weighted by Crippen LogP contribution is 2.30. The summed E-state index contributed by atoms with van der Waals surface area (Å²) in [7, 11) is 0. The second-order valence-corrected chi connectivity index (χ2v) is 3.54. The van der Waals surface area contributed by atoms with Crippen LogP contribution in [0.15, 0.2) is 24.3 Å². The number of halogens is 3. The van der Waals surface area contributed by atoms with Crippen LogP contribution in [-0.2, 0) is 15.7 Å². The maximum atomic E-state index is 12.4. The molecule has 0 unspecified atom stereocenters. The normalized spacial score (nSPS) is 11.6. The standard InChI is InChI=1S/C13H11F3O3/c1-2-19-12(18)6-4-9-3-5-11(13(14,15)16)7-10(9)8-17/h3-8H,2H2,1H3. The van der Waals surface area contributed by atoms with Crippen molar-refractivity contribution in [2.24, 2.45) is 0 Å². The molecule has 0 spiro atoms. The lowest BCUT2D eigenvalue weighted by Gasteiger charge is -2.08. The topological polar surface area (TPSA) is 43.4 Å². The highest BCUT2D eigenvalue weighted by atomic mass is 19.4. The number of hydrogen-bond acceptors (Lipinski definition) is 3. The van der Waals surface area contributed by atoms with E-state index in [4.69, 9.17) is 0 Å². The summed E-state index contributed by atoms with van der Waals surface area (Å²) < 4.78 is 41.9. The van der Waals surface area contributed by atoms with E-state index < -0.39 is 17.7 Å². The lowest BCUT2D eigenvalue weighted by atomic mass is 10.0. The molecule has 1 aromatic carbocycles. The number of hydrogen-bond donors (Lipinski definition) is 0. The van der Waals surface area contributed by atoms with Crippen molar-refractivity contribution in [3.8, 4) is 0 Å². The van der Waals surface area contributed by atoms with Crippen LogP contribution in [-0.4, -0.2) is 18.9 Å². The lowest BCUT2D eigenvalue weighted by molar-refractivity contribution is -0.138. The van der Waals surface area contributed by atoms with Crippen molar-refractivity contribution in [2.45, 2.75) is 13.1 Å². The van der Waals surface area contributed by atoms with Gasteiger partial charge in [-0.3, -0.25) is 4.79 Å². The van der Waals surface area contributed by atoms with E-state index in [9.17, 15) is 22.8 Å². The summed E-state index contributed by atoms with van der Waals surface area (Å²) in [4.78, 5) is 21.8. The fourth-order valence-electron chi connectivity index (χ4n) is 1.35. The zero-order valence-electron chi connectivity index (χ0n) is 10.0. The van der Waals surface area contributed by atoms with E-state index in [0.717, 1.165) is 24.3 Å². The van der Waals surface area contributed by atoms with Crippen LogP contribution in [0.1, 0.15) is 28.4 Å². The Hall–Kier alpha value is -2.11. The van der Waals surface area contributed by atoms with Crippen molar-refractivity contribution in [3.63, 3.8) is 0 Å². The largest absolute Gasteiger partial charge is 0.463 e. The first-order chi connectivity index (χ1) is 8.88. The number of aldehydes is 1. The molecule has 1 rings (SSSR count). The van der Waals surface area contributed by atoms with Gasteiger partial charge < -0.3 is 4.74 Å². The van der Waals surface area contributed by atoms with Crippen LogP contribution in [0.2, 0.25) is 0 Å². The Balaban J connectivity index is 3.03. The third-order valence-electron chi connectivity index (χ3n) is 2.23. The maximum Gasteiger partial charge on any atom is 0.416 e. The van der Waals surface area contributed by atoms with Crippen LogP contribution in [0.3, 0.4) is 0 Å². The second-order valence-electron chi connectivity index (χ2n) is 3.54. The van der Waals surface area contributed by atoms with Gasteiger partial charge in [0.2, 0.25) is 0 Å². The molecule has 0 aliphatic heterocycles. The summed E-state index contributed by atoms with van der Waals surface area (Å²) in [5, 5.41) is 0. The van der Waals surface area contributed by atoms with E-state index in [1.54, 1.807) is 6.92 Å². The van der Waals surface area contributed by atoms with Gasteiger partial charge in [0.25, 0.3) is 0 Å². The number of esters is 1. The molecule has 0 N–H and O–H groups in total. The monoisotopic (exact) mass is 272 g/mol. The van der Waals surface area contributed by atoms with Gasteiger partial charge >= 0.3 is 12.1 Å². The quantitative estimate of drug-likeness (QED) is 0.480. The van der Waals surface area contributed by atoms with E-state index in [0.29, 0.717) is 6.29 Å². The van der Waals surface area contributed by atoms with Gasteiger partial charge in [-0.1, -0.05) is 6.07 Å². The van der Waals surface area contributed by atoms with Crippen molar-refractivity contribution < 1.29 is 27.5 Å². The molecule has 19 heavy (non-hydrogen) atoms. The Bertz CT molecular complexity index is 504. The predicted octanol–water partition coefficient (Wildman–Crippen LogP) is 3.09. The van der Waals surface area contributed by atoms with E-state index >= 15 is 0 Å². The number of rotatable bonds is 4. The molecule has 0 fully saturated rings. The van der Waals surface area contributed by atoms with Crippen LogP contribution in [0, 0.1) is 0 Å². The van der Waals surface area contributed by atoms with Gasteiger partial charge in [-0.25, -0.2) is 4.79 Å². The van der Waals surface area contributed by atoms with Gasteiger partial charge in [0.05, 0.1) is 12.2 Å². The Labute approximate surface area is 107 Å². The Morgan fingerprint density at radius 3 is 2.53 bits per heavy atom. The molecular formula is C13H11F3O3. The first kappa shape index (κ1) is 14.9. The van der Waals surface area contributed by atoms with Crippen LogP contribution >= 0.6 is 0 Å². The van der Waals surface area contributed by atoms with Crippen LogP contribution in [0.4, 0.5) is 13.2 Å². The summed E-state index contributed by atoms with van der Waals surface area (Å²) in [6.07, 6.45) is -1.91. The molecule has 0 atom stereocenters. The SMILES string of the molecule is CCOC(=O)C=Cc1ccc(C(F)(F)F)cc1C=O. The molecular weight excluding hydrogens is 261 g/mol. The Morgan fingerprint density at radius 2 is 2.00 bits per heavy atom. The molecule has 0 aromatic heterocycles. The third kappa shape index (κ3) is 4.24. The number of ether oxygens (including phenoxy) is 1. The fourth-order valence-corrected chi connectivity index (χ4v) is 1.35. The fraction of sp³-hybridized carbons (Fsp3) is 0.231. The first-order valence-corrected chi connectivity index (χ1v) is 5.39. The van der Waals surface area contributed by atoms with Crippen LogP contribution < -0.4 is 0 Å². The van der Waals surface area contributed by atoms with Gasteiger partial charge in [-0.15, -0.1) is 0 Å². The van der Waals surface area contributed by atoms with Crippen molar-refractivity contribution in [2.75, 3.05) is 6.61 Å². The Kier molecular flexibility index (Phi) is 4.86. The summed E-state index contributed by atoms with van der Waals surface area (Å²) in [5.41, 5.74) is -0.839. The molecule has 3 nitrogen and oxygen atoms in total. The zero-order valence-corrected chi connectivity index (χ0v) is 10.0. The van der Waals surface area contributed by atoms with Crippen molar-refractivity contribution >= 4 is 18.3 Å². The molecule has 0 aliphatic carbocycles. The van der Waals surface area contributed by atoms with E-state index in [1.807, 2.05) is 0 Å². The molecule has 6 heteroatoms. The van der Waals surface area contributed by atoms with Gasteiger partial charge in [0.15, 0.2) is 6.29 Å². The molecule has 0 saturated heterocycles. The number of carbonyl (C=O) groups is 2. The number of alkyl halides is 3. The van der Waals surface area contributed by atoms with Gasteiger partial charge in [0, 0.05) is 11.6 Å². The number of benzene rings is 1. The smallest absolute Gasteiger partial charge is 0.416 e. The molecule has 0 aliphatic rings. The average molecular weight is 272 g/mol. The number of carbonyl (C=O) groups excluding carboxylic acids is 2. The van der Waals surface area contributed by atoms with Crippen molar-refractivity contribution in [3.05, 3.63) is 41.0 Å².